The van der Waals surface area contributed by atoms with Crippen LogP contribution in [0, 0.1) is 0 Å². The third-order valence-electron chi connectivity index (χ3n) is 4.92. The van der Waals surface area contributed by atoms with E-state index in [9.17, 15) is 0 Å². The van der Waals surface area contributed by atoms with Gasteiger partial charge in [-0.1, -0.05) is 26.0 Å². The quantitative estimate of drug-likeness (QED) is 0.487. The first-order valence-corrected chi connectivity index (χ1v) is 9.53. The third kappa shape index (κ3) is 3.74. The molecule has 2 aromatic heterocycles. The first kappa shape index (κ1) is 18.8. The first-order valence-electron chi connectivity index (χ1n) is 9.53. The summed E-state index contributed by atoms with van der Waals surface area (Å²) in [5, 5.41) is 7.81. The van der Waals surface area contributed by atoms with Crippen LogP contribution in [0.3, 0.4) is 0 Å². The van der Waals surface area contributed by atoms with E-state index in [1.54, 1.807) is 24.9 Å². The zero-order chi connectivity index (χ0) is 20.4. The molecule has 0 fully saturated rings. The van der Waals surface area contributed by atoms with Crippen LogP contribution < -0.4 is 14.8 Å². The number of ether oxygens (including phenoxy) is 2. The molecular formula is C23H24N4O2. The second-order valence-electron chi connectivity index (χ2n) is 7.11. The van der Waals surface area contributed by atoms with Crippen LogP contribution in [0.15, 0.2) is 60.9 Å². The molecule has 0 spiro atoms. The van der Waals surface area contributed by atoms with Crippen LogP contribution in [0.4, 0.5) is 11.5 Å². The second kappa shape index (κ2) is 7.83. The summed E-state index contributed by atoms with van der Waals surface area (Å²) in [7, 11) is 3.28. The Balaban J connectivity index is 1.70. The fraction of sp³-hybridized carbons (Fsp3) is 0.217. The highest BCUT2D eigenvalue weighted by molar-refractivity contribution is 5.82. The Labute approximate surface area is 170 Å². The molecule has 148 valence electrons. The van der Waals surface area contributed by atoms with E-state index < -0.39 is 0 Å². The predicted molar refractivity (Wildman–Crippen MR) is 115 cm³/mol. The van der Waals surface area contributed by atoms with Gasteiger partial charge in [0.2, 0.25) is 0 Å². The lowest BCUT2D eigenvalue weighted by Crippen LogP contribution is -1.98. The van der Waals surface area contributed by atoms with Crippen molar-refractivity contribution in [3.63, 3.8) is 0 Å². The molecule has 2 heterocycles. The van der Waals surface area contributed by atoms with Gasteiger partial charge in [0.25, 0.3) is 0 Å². The smallest absolute Gasteiger partial charge is 0.165 e. The lowest BCUT2D eigenvalue weighted by Gasteiger charge is -2.11. The molecule has 0 saturated carbocycles. The number of nitrogens with one attached hydrogen (secondary N) is 1. The number of methoxy groups -OCH3 is 2. The summed E-state index contributed by atoms with van der Waals surface area (Å²) in [5.74, 6) is 2.71. The summed E-state index contributed by atoms with van der Waals surface area (Å²) in [6.07, 6.45) is 3.69. The summed E-state index contributed by atoms with van der Waals surface area (Å²) in [4.78, 5) is 4.78. The maximum Gasteiger partial charge on any atom is 0.165 e. The van der Waals surface area contributed by atoms with Gasteiger partial charge in [0, 0.05) is 23.5 Å². The summed E-state index contributed by atoms with van der Waals surface area (Å²) in [6.45, 7) is 4.37. The maximum atomic E-state index is 5.56. The predicted octanol–water partition coefficient (Wildman–Crippen LogP) is 5.28. The van der Waals surface area contributed by atoms with Crippen molar-refractivity contribution in [3.05, 3.63) is 66.5 Å². The molecule has 29 heavy (non-hydrogen) atoms. The van der Waals surface area contributed by atoms with Gasteiger partial charge in [0.1, 0.15) is 17.3 Å². The van der Waals surface area contributed by atoms with Crippen LogP contribution >= 0.6 is 0 Å². The molecule has 6 nitrogen and oxygen atoms in total. The average molecular weight is 388 g/mol. The summed E-state index contributed by atoms with van der Waals surface area (Å²) >= 11 is 0. The molecular weight excluding hydrogens is 364 g/mol. The number of aromatic nitrogens is 3. The number of fused-ring (bicyclic) bond motifs is 1. The van der Waals surface area contributed by atoms with E-state index >= 15 is 0 Å². The molecule has 0 aliphatic heterocycles. The molecule has 0 saturated heterocycles. The first-order chi connectivity index (χ1) is 14.1. The Hall–Kier alpha value is -3.54. The monoisotopic (exact) mass is 388 g/mol. The van der Waals surface area contributed by atoms with Crippen molar-refractivity contribution in [2.45, 2.75) is 19.8 Å². The van der Waals surface area contributed by atoms with Gasteiger partial charge in [0.05, 0.1) is 26.0 Å². The van der Waals surface area contributed by atoms with Crippen LogP contribution in [-0.4, -0.2) is 28.8 Å². The Bertz CT molecular complexity index is 1130. The number of hydrogen-bond acceptors (Lipinski definition) is 5. The van der Waals surface area contributed by atoms with Gasteiger partial charge in [0.15, 0.2) is 5.65 Å². The number of nitrogens with zero attached hydrogens (tertiary/aromatic N) is 3. The molecule has 4 rings (SSSR count). The van der Waals surface area contributed by atoms with E-state index in [0.717, 1.165) is 34.0 Å². The van der Waals surface area contributed by atoms with Crippen LogP contribution in [-0.2, 0) is 0 Å². The average Bonchev–Trinajstić information content (AvgIpc) is 3.16. The fourth-order valence-corrected chi connectivity index (χ4v) is 3.25. The van der Waals surface area contributed by atoms with Crippen molar-refractivity contribution in [2.24, 2.45) is 0 Å². The number of anilines is 2. The summed E-state index contributed by atoms with van der Waals surface area (Å²) in [5.41, 5.74) is 4.85. The molecule has 0 bridgehead atoms. The van der Waals surface area contributed by atoms with Gasteiger partial charge < -0.3 is 14.8 Å². The van der Waals surface area contributed by atoms with Crippen LogP contribution in [0.5, 0.6) is 11.5 Å². The number of hydrogen-bond donors (Lipinski definition) is 1. The van der Waals surface area contributed by atoms with Gasteiger partial charge in [-0.2, -0.15) is 5.10 Å². The van der Waals surface area contributed by atoms with Gasteiger partial charge >= 0.3 is 0 Å². The highest BCUT2D eigenvalue weighted by Gasteiger charge is 2.14. The Morgan fingerprint density at radius 3 is 2.41 bits per heavy atom. The second-order valence-corrected chi connectivity index (χ2v) is 7.11. The lowest BCUT2D eigenvalue weighted by atomic mass is 10.0. The minimum Gasteiger partial charge on any atom is -0.497 e. The Kier molecular flexibility index (Phi) is 5.08. The molecule has 0 unspecified atom stereocenters. The Morgan fingerprint density at radius 1 is 0.931 bits per heavy atom. The molecule has 6 heteroatoms. The molecule has 0 aliphatic rings. The van der Waals surface area contributed by atoms with Crippen molar-refractivity contribution >= 4 is 17.2 Å². The van der Waals surface area contributed by atoms with E-state index in [0.29, 0.717) is 11.7 Å². The van der Waals surface area contributed by atoms with Crippen molar-refractivity contribution in [3.8, 4) is 22.6 Å². The zero-order valence-corrected chi connectivity index (χ0v) is 17.0. The number of rotatable bonds is 6. The highest BCUT2D eigenvalue weighted by Crippen LogP contribution is 2.35. The highest BCUT2D eigenvalue weighted by atomic mass is 16.5. The van der Waals surface area contributed by atoms with Crippen molar-refractivity contribution in [1.29, 1.82) is 0 Å². The topological polar surface area (TPSA) is 60.7 Å². The van der Waals surface area contributed by atoms with Gasteiger partial charge in [-0.25, -0.2) is 9.50 Å². The van der Waals surface area contributed by atoms with Crippen molar-refractivity contribution < 1.29 is 9.47 Å². The minimum absolute atomic E-state index is 0.507. The Morgan fingerprint density at radius 2 is 1.72 bits per heavy atom. The largest absolute Gasteiger partial charge is 0.497 e. The normalized spacial score (nSPS) is 11.1. The maximum absolute atomic E-state index is 5.56. The molecule has 0 radical (unpaired) electrons. The van der Waals surface area contributed by atoms with Crippen LogP contribution in [0.25, 0.3) is 16.8 Å². The van der Waals surface area contributed by atoms with Crippen LogP contribution in [0.2, 0.25) is 0 Å². The zero-order valence-electron chi connectivity index (χ0n) is 17.0. The van der Waals surface area contributed by atoms with E-state index in [4.69, 9.17) is 14.5 Å². The van der Waals surface area contributed by atoms with E-state index in [-0.39, 0.29) is 0 Å². The number of benzene rings is 2. The molecule has 4 aromatic rings. The lowest BCUT2D eigenvalue weighted by molar-refractivity contribution is 0.395. The van der Waals surface area contributed by atoms with E-state index in [1.165, 1.54) is 5.56 Å². The summed E-state index contributed by atoms with van der Waals surface area (Å²) < 4.78 is 12.6. The fourth-order valence-electron chi connectivity index (χ4n) is 3.25. The standard InChI is InChI=1S/C23H24N4O2/c1-15(2)16-5-7-17(8-6-16)25-22-11-12-27-23(26-22)20(14-24-27)19-10-9-18(28-3)13-21(19)29-4/h5-15H,1-4H3,(H,25,26). The molecule has 0 amide bonds. The molecule has 1 N–H and O–H groups in total. The summed E-state index contributed by atoms with van der Waals surface area (Å²) in [6, 6.07) is 16.1. The molecule has 2 aromatic carbocycles. The minimum atomic E-state index is 0.507. The third-order valence-corrected chi connectivity index (χ3v) is 4.92. The van der Waals surface area contributed by atoms with Gasteiger partial charge in [-0.05, 0) is 41.8 Å². The van der Waals surface area contributed by atoms with E-state index in [1.807, 2.05) is 30.5 Å². The molecule has 0 aliphatic carbocycles. The SMILES string of the molecule is COc1ccc(-c2cnn3ccc(Nc4ccc(C(C)C)cc4)nc23)c(OC)c1. The van der Waals surface area contributed by atoms with Gasteiger partial charge in [-0.3, -0.25) is 0 Å². The van der Waals surface area contributed by atoms with Crippen molar-refractivity contribution in [2.75, 3.05) is 19.5 Å². The van der Waals surface area contributed by atoms with Crippen molar-refractivity contribution in [1.82, 2.24) is 14.6 Å². The van der Waals surface area contributed by atoms with E-state index in [2.05, 4.69) is 48.5 Å². The van der Waals surface area contributed by atoms with Crippen LogP contribution in [0.1, 0.15) is 25.3 Å². The van der Waals surface area contributed by atoms with Gasteiger partial charge in [-0.15, -0.1) is 0 Å². The molecule has 0 atom stereocenters.